The summed E-state index contributed by atoms with van der Waals surface area (Å²) in [6, 6.07) is 4.48. The molecule has 20 heavy (non-hydrogen) atoms. The Kier molecular flexibility index (Phi) is 3.30. The molecule has 0 spiro atoms. The molecule has 0 unspecified atom stereocenters. The van der Waals surface area contributed by atoms with Crippen molar-refractivity contribution in [1.82, 2.24) is 19.7 Å². The van der Waals surface area contributed by atoms with E-state index < -0.39 is 0 Å². The Balaban J connectivity index is 2.14. The van der Waals surface area contributed by atoms with Crippen molar-refractivity contribution in [2.24, 2.45) is 0 Å². The zero-order valence-corrected chi connectivity index (χ0v) is 13.2. The van der Waals surface area contributed by atoms with Crippen LogP contribution in [0.15, 0.2) is 35.2 Å². The summed E-state index contributed by atoms with van der Waals surface area (Å²) in [6.07, 6.45) is 5.65. The number of hydrogen-bond acceptors (Lipinski definition) is 3. The molecular formula is C15H15BrN4. The minimum absolute atomic E-state index is 0.347. The van der Waals surface area contributed by atoms with Crippen LogP contribution >= 0.6 is 15.9 Å². The molecule has 102 valence electrons. The van der Waals surface area contributed by atoms with Crippen LogP contribution in [-0.4, -0.2) is 19.7 Å². The summed E-state index contributed by atoms with van der Waals surface area (Å²) in [7, 11) is 0. The van der Waals surface area contributed by atoms with Crippen molar-refractivity contribution in [1.29, 1.82) is 0 Å². The summed E-state index contributed by atoms with van der Waals surface area (Å²) in [4.78, 5) is 9.02. The smallest absolute Gasteiger partial charge is 0.160 e. The molecule has 0 aliphatic carbocycles. The van der Waals surface area contributed by atoms with Crippen LogP contribution in [-0.2, 0) is 0 Å². The van der Waals surface area contributed by atoms with Gasteiger partial charge in [0.2, 0.25) is 0 Å². The van der Waals surface area contributed by atoms with Gasteiger partial charge in [-0.05, 0) is 54.4 Å². The molecule has 0 aliphatic heterocycles. The van der Waals surface area contributed by atoms with Crippen molar-refractivity contribution in [2.45, 2.75) is 26.8 Å². The lowest BCUT2D eigenvalue weighted by molar-refractivity contribution is 0.532. The van der Waals surface area contributed by atoms with E-state index in [4.69, 9.17) is 0 Å². The minimum atomic E-state index is 0.347. The van der Waals surface area contributed by atoms with Gasteiger partial charge in [-0.2, -0.15) is 5.10 Å². The van der Waals surface area contributed by atoms with Crippen LogP contribution in [0.4, 0.5) is 0 Å². The maximum atomic E-state index is 4.63. The van der Waals surface area contributed by atoms with Crippen molar-refractivity contribution in [2.75, 3.05) is 0 Å². The molecule has 0 fully saturated rings. The molecule has 0 amide bonds. The average Bonchev–Trinajstić information content (AvgIpc) is 2.89. The maximum absolute atomic E-state index is 4.63. The number of pyridine rings is 2. The van der Waals surface area contributed by atoms with Crippen LogP contribution in [0, 0.1) is 6.92 Å². The van der Waals surface area contributed by atoms with E-state index in [1.807, 2.05) is 23.1 Å². The van der Waals surface area contributed by atoms with Crippen LogP contribution in [0.1, 0.15) is 25.5 Å². The number of halogens is 1. The van der Waals surface area contributed by atoms with Gasteiger partial charge in [0.1, 0.15) is 0 Å². The molecule has 0 saturated heterocycles. The summed E-state index contributed by atoms with van der Waals surface area (Å²) in [5, 5.41) is 5.43. The van der Waals surface area contributed by atoms with Crippen molar-refractivity contribution in [3.8, 4) is 11.3 Å². The number of aryl methyl sites for hydroxylation is 1. The second-order valence-corrected chi connectivity index (χ2v) is 6.07. The second kappa shape index (κ2) is 4.98. The molecule has 0 aliphatic rings. The highest BCUT2D eigenvalue weighted by Gasteiger charge is 2.09. The van der Waals surface area contributed by atoms with E-state index in [1.165, 1.54) is 0 Å². The Morgan fingerprint density at radius 3 is 2.70 bits per heavy atom. The molecule has 0 saturated carbocycles. The van der Waals surface area contributed by atoms with E-state index in [0.717, 1.165) is 32.3 Å². The third-order valence-electron chi connectivity index (χ3n) is 3.26. The van der Waals surface area contributed by atoms with Gasteiger partial charge in [-0.15, -0.1) is 0 Å². The van der Waals surface area contributed by atoms with Gasteiger partial charge < -0.3 is 0 Å². The van der Waals surface area contributed by atoms with Gasteiger partial charge in [-0.1, -0.05) is 0 Å². The fourth-order valence-electron chi connectivity index (χ4n) is 2.14. The largest absolute Gasteiger partial charge is 0.270 e. The normalized spacial score (nSPS) is 11.4. The van der Waals surface area contributed by atoms with Crippen molar-refractivity contribution < 1.29 is 0 Å². The standard InChI is InChI=1S/C15H15BrN4/c1-9(2)20-8-11(6-18-20)14-4-10(3)13-5-12(16)7-17-15(13)19-14/h4-9H,1-3H3. The summed E-state index contributed by atoms with van der Waals surface area (Å²) < 4.78 is 2.90. The zero-order valence-electron chi connectivity index (χ0n) is 11.6. The van der Waals surface area contributed by atoms with Crippen LogP contribution in [0.5, 0.6) is 0 Å². The number of nitrogens with zero attached hydrogens (tertiary/aromatic N) is 4. The Labute approximate surface area is 126 Å². The number of fused-ring (bicyclic) bond motifs is 1. The van der Waals surface area contributed by atoms with Crippen LogP contribution in [0.25, 0.3) is 22.3 Å². The van der Waals surface area contributed by atoms with E-state index in [9.17, 15) is 0 Å². The van der Waals surface area contributed by atoms with Gasteiger partial charge in [0, 0.05) is 33.9 Å². The fraction of sp³-hybridized carbons (Fsp3) is 0.267. The van der Waals surface area contributed by atoms with Crippen LogP contribution in [0.2, 0.25) is 0 Å². The Bertz CT molecular complexity index is 777. The summed E-state index contributed by atoms with van der Waals surface area (Å²) >= 11 is 3.45. The molecule has 3 aromatic heterocycles. The first-order valence-corrected chi connectivity index (χ1v) is 7.31. The monoisotopic (exact) mass is 330 g/mol. The lowest BCUT2D eigenvalue weighted by Gasteiger charge is -2.05. The molecule has 4 nitrogen and oxygen atoms in total. The molecule has 0 radical (unpaired) electrons. The van der Waals surface area contributed by atoms with Gasteiger partial charge >= 0.3 is 0 Å². The van der Waals surface area contributed by atoms with Crippen LogP contribution < -0.4 is 0 Å². The SMILES string of the molecule is Cc1cc(-c2cnn(C(C)C)c2)nc2ncc(Br)cc12. The van der Waals surface area contributed by atoms with Crippen molar-refractivity contribution in [3.05, 3.63) is 40.8 Å². The van der Waals surface area contributed by atoms with E-state index in [0.29, 0.717) is 6.04 Å². The van der Waals surface area contributed by atoms with Gasteiger partial charge in [0.05, 0.1) is 11.9 Å². The van der Waals surface area contributed by atoms with Gasteiger partial charge in [0.25, 0.3) is 0 Å². The molecule has 3 aromatic rings. The molecule has 0 atom stereocenters. The molecule has 0 bridgehead atoms. The van der Waals surface area contributed by atoms with Gasteiger partial charge in [-0.25, -0.2) is 9.97 Å². The fourth-order valence-corrected chi connectivity index (χ4v) is 2.47. The molecule has 3 rings (SSSR count). The average molecular weight is 331 g/mol. The maximum Gasteiger partial charge on any atom is 0.160 e. The van der Waals surface area contributed by atoms with Crippen molar-refractivity contribution >= 4 is 27.0 Å². The lowest BCUT2D eigenvalue weighted by Crippen LogP contribution is -1.99. The molecular weight excluding hydrogens is 316 g/mol. The third kappa shape index (κ3) is 2.33. The second-order valence-electron chi connectivity index (χ2n) is 5.15. The predicted octanol–water partition coefficient (Wildman–Crippen LogP) is 4.15. The highest BCUT2D eigenvalue weighted by molar-refractivity contribution is 9.10. The molecule has 0 aromatic carbocycles. The Morgan fingerprint density at radius 2 is 2.00 bits per heavy atom. The Hall–Kier alpha value is -1.75. The van der Waals surface area contributed by atoms with E-state index in [-0.39, 0.29) is 0 Å². The topological polar surface area (TPSA) is 43.6 Å². The minimum Gasteiger partial charge on any atom is -0.270 e. The molecule has 3 heterocycles. The van der Waals surface area contributed by atoms with E-state index in [1.54, 1.807) is 6.20 Å². The van der Waals surface area contributed by atoms with Gasteiger partial charge in [-0.3, -0.25) is 4.68 Å². The lowest BCUT2D eigenvalue weighted by atomic mass is 10.1. The van der Waals surface area contributed by atoms with Crippen molar-refractivity contribution in [3.63, 3.8) is 0 Å². The first kappa shape index (κ1) is 13.2. The highest BCUT2D eigenvalue weighted by Crippen LogP contribution is 2.25. The highest BCUT2D eigenvalue weighted by atomic mass is 79.9. The summed E-state index contributed by atoms with van der Waals surface area (Å²) in [5.41, 5.74) is 3.86. The number of aromatic nitrogens is 4. The zero-order chi connectivity index (χ0) is 14.3. The van der Waals surface area contributed by atoms with Crippen LogP contribution in [0.3, 0.4) is 0 Å². The summed E-state index contributed by atoms with van der Waals surface area (Å²) in [6.45, 7) is 6.29. The Morgan fingerprint density at radius 1 is 1.20 bits per heavy atom. The third-order valence-corrected chi connectivity index (χ3v) is 3.70. The number of hydrogen-bond donors (Lipinski definition) is 0. The predicted molar refractivity (Wildman–Crippen MR) is 83.6 cm³/mol. The molecule has 5 heteroatoms. The quantitative estimate of drug-likeness (QED) is 0.709. The number of rotatable bonds is 2. The first-order valence-electron chi connectivity index (χ1n) is 6.52. The van der Waals surface area contributed by atoms with E-state index in [2.05, 4.69) is 57.8 Å². The van der Waals surface area contributed by atoms with Gasteiger partial charge in [0.15, 0.2) is 5.65 Å². The molecule has 0 N–H and O–H groups in total. The first-order chi connectivity index (χ1) is 9.54. The van der Waals surface area contributed by atoms with E-state index >= 15 is 0 Å². The summed E-state index contributed by atoms with van der Waals surface area (Å²) in [5.74, 6) is 0.